The Morgan fingerprint density at radius 2 is 2.19 bits per heavy atom. The van der Waals surface area contributed by atoms with E-state index in [1.165, 1.54) is 21.2 Å². The number of fused-ring (bicyclic) bond motifs is 1. The molecule has 0 aliphatic heterocycles. The van der Waals surface area contributed by atoms with Crippen LogP contribution in [0.3, 0.4) is 0 Å². The Hall–Kier alpha value is -0.800. The summed E-state index contributed by atoms with van der Waals surface area (Å²) in [6, 6.07) is 6.52. The number of pyridine rings is 1. The summed E-state index contributed by atoms with van der Waals surface area (Å²) in [7, 11) is 0. The fourth-order valence-electron chi connectivity index (χ4n) is 2.03. The highest BCUT2D eigenvalue weighted by molar-refractivity contribution is 9.10. The van der Waals surface area contributed by atoms with Crippen LogP contribution >= 0.6 is 15.9 Å². The van der Waals surface area contributed by atoms with E-state index < -0.39 is 0 Å². The van der Waals surface area contributed by atoms with Crippen molar-refractivity contribution in [2.75, 3.05) is 0 Å². The molecule has 2 heterocycles. The van der Waals surface area contributed by atoms with Crippen LogP contribution in [0.25, 0.3) is 5.52 Å². The largest absolute Gasteiger partial charge is 0.328 e. The van der Waals surface area contributed by atoms with Crippen LogP contribution < -0.4 is 5.73 Å². The van der Waals surface area contributed by atoms with Crippen LogP contribution in [0, 0.1) is 6.92 Å². The third-order valence-corrected chi connectivity index (χ3v) is 3.98. The summed E-state index contributed by atoms with van der Waals surface area (Å²) in [4.78, 5) is 0. The zero-order chi connectivity index (χ0) is 11.7. The Kier molecular flexibility index (Phi) is 3.36. The zero-order valence-electron chi connectivity index (χ0n) is 9.70. The van der Waals surface area contributed by atoms with Crippen molar-refractivity contribution in [2.45, 2.75) is 32.7 Å². The zero-order valence-corrected chi connectivity index (χ0v) is 11.3. The van der Waals surface area contributed by atoms with Gasteiger partial charge in [0.15, 0.2) is 0 Å². The molecular formula is C13H17BrN2. The molecule has 2 N–H and O–H groups in total. The first-order valence-electron chi connectivity index (χ1n) is 5.61. The van der Waals surface area contributed by atoms with E-state index >= 15 is 0 Å². The van der Waals surface area contributed by atoms with Crippen LogP contribution in [0.4, 0.5) is 0 Å². The summed E-state index contributed by atoms with van der Waals surface area (Å²) in [5, 5.41) is 0. The van der Waals surface area contributed by atoms with Gasteiger partial charge in [-0.1, -0.05) is 6.07 Å². The highest BCUT2D eigenvalue weighted by atomic mass is 79.9. The van der Waals surface area contributed by atoms with Crippen molar-refractivity contribution in [2.24, 2.45) is 5.73 Å². The third-order valence-electron chi connectivity index (χ3n) is 2.97. The number of nitrogens with zero attached hydrogens (tertiary/aromatic N) is 1. The molecule has 2 rings (SSSR count). The van der Waals surface area contributed by atoms with E-state index in [0.717, 1.165) is 12.8 Å². The molecule has 0 amide bonds. The van der Waals surface area contributed by atoms with E-state index in [9.17, 15) is 0 Å². The molecule has 1 atom stereocenters. The molecule has 2 aromatic heterocycles. The second-order valence-electron chi connectivity index (χ2n) is 4.36. The topological polar surface area (TPSA) is 30.4 Å². The quantitative estimate of drug-likeness (QED) is 0.919. The first kappa shape index (κ1) is 11.7. The molecule has 0 radical (unpaired) electrons. The minimum Gasteiger partial charge on any atom is -0.328 e. The van der Waals surface area contributed by atoms with Gasteiger partial charge in [-0.25, -0.2) is 0 Å². The molecule has 0 spiro atoms. The van der Waals surface area contributed by atoms with Gasteiger partial charge >= 0.3 is 0 Å². The predicted molar refractivity (Wildman–Crippen MR) is 71.8 cm³/mol. The molecular weight excluding hydrogens is 264 g/mol. The number of rotatable bonds is 3. The Morgan fingerprint density at radius 3 is 2.88 bits per heavy atom. The van der Waals surface area contributed by atoms with E-state index in [1.54, 1.807) is 0 Å². The van der Waals surface area contributed by atoms with Crippen LogP contribution in [0.1, 0.15) is 24.6 Å². The Morgan fingerprint density at radius 1 is 1.44 bits per heavy atom. The van der Waals surface area contributed by atoms with Gasteiger partial charge in [0.2, 0.25) is 0 Å². The lowest BCUT2D eigenvalue weighted by atomic mass is 10.1. The van der Waals surface area contributed by atoms with Gasteiger partial charge in [0, 0.05) is 22.4 Å². The van der Waals surface area contributed by atoms with Crippen LogP contribution in [0.5, 0.6) is 0 Å². The van der Waals surface area contributed by atoms with Crippen LogP contribution in [-0.4, -0.2) is 10.4 Å². The van der Waals surface area contributed by atoms with Gasteiger partial charge in [0.25, 0.3) is 0 Å². The number of halogens is 1. The molecule has 0 bridgehead atoms. The lowest BCUT2D eigenvalue weighted by molar-refractivity contribution is 0.654. The molecule has 0 saturated heterocycles. The van der Waals surface area contributed by atoms with Crippen molar-refractivity contribution >= 4 is 21.4 Å². The van der Waals surface area contributed by atoms with E-state index in [2.05, 4.69) is 58.6 Å². The first-order chi connectivity index (χ1) is 7.61. The number of nitrogens with two attached hydrogens (primary N) is 1. The van der Waals surface area contributed by atoms with Crippen molar-refractivity contribution in [1.29, 1.82) is 0 Å². The second kappa shape index (κ2) is 4.60. The lowest BCUT2D eigenvalue weighted by Crippen LogP contribution is -2.16. The average molecular weight is 281 g/mol. The molecule has 0 fully saturated rings. The lowest BCUT2D eigenvalue weighted by Gasteiger charge is -2.06. The molecule has 3 heteroatoms. The van der Waals surface area contributed by atoms with Gasteiger partial charge in [0.05, 0.1) is 5.52 Å². The normalized spacial score (nSPS) is 13.2. The van der Waals surface area contributed by atoms with Gasteiger partial charge < -0.3 is 10.1 Å². The molecule has 0 aliphatic carbocycles. The van der Waals surface area contributed by atoms with Crippen LogP contribution in [-0.2, 0) is 6.42 Å². The molecule has 0 aliphatic rings. The van der Waals surface area contributed by atoms with Crippen molar-refractivity contribution in [3.8, 4) is 0 Å². The summed E-state index contributed by atoms with van der Waals surface area (Å²) in [5.41, 5.74) is 9.74. The summed E-state index contributed by atoms with van der Waals surface area (Å²) in [6.45, 7) is 4.22. The maximum Gasteiger partial charge on any atom is 0.0597 e. The smallest absolute Gasteiger partial charge is 0.0597 e. The molecule has 2 nitrogen and oxygen atoms in total. The van der Waals surface area contributed by atoms with Gasteiger partial charge in [-0.15, -0.1) is 0 Å². The van der Waals surface area contributed by atoms with Crippen molar-refractivity contribution < 1.29 is 0 Å². The summed E-state index contributed by atoms with van der Waals surface area (Å²) in [5.74, 6) is 0. The Labute approximate surface area is 105 Å². The number of aryl methyl sites for hydroxylation is 1. The minimum atomic E-state index is 0.257. The maximum atomic E-state index is 5.82. The highest BCUT2D eigenvalue weighted by Crippen LogP contribution is 2.28. The number of hydrogen-bond acceptors (Lipinski definition) is 1. The molecule has 0 saturated carbocycles. The van der Waals surface area contributed by atoms with Crippen molar-refractivity contribution in [3.05, 3.63) is 40.1 Å². The molecule has 86 valence electrons. The number of aromatic nitrogens is 1. The van der Waals surface area contributed by atoms with E-state index in [1.807, 2.05) is 0 Å². The summed E-state index contributed by atoms with van der Waals surface area (Å²) in [6.07, 6.45) is 4.16. The van der Waals surface area contributed by atoms with E-state index in [-0.39, 0.29) is 6.04 Å². The Balaban J connectivity index is 2.47. The van der Waals surface area contributed by atoms with E-state index in [0.29, 0.717) is 0 Å². The maximum absolute atomic E-state index is 5.82. The summed E-state index contributed by atoms with van der Waals surface area (Å²) >= 11 is 3.66. The molecule has 0 aromatic carbocycles. The Bertz CT molecular complexity index is 500. The first-order valence-corrected chi connectivity index (χ1v) is 6.40. The second-order valence-corrected chi connectivity index (χ2v) is 5.15. The minimum absolute atomic E-state index is 0.257. The van der Waals surface area contributed by atoms with Crippen molar-refractivity contribution in [1.82, 2.24) is 4.40 Å². The van der Waals surface area contributed by atoms with Gasteiger partial charge in [0.1, 0.15) is 0 Å². The molecule has 2 aromatic rings. The van der Waals surface area contributed by atoms with E-state index in [4.69, 9.17) is 5.73 Å². The third kappa shape index (κ3) is 2.02. The molecule has 1 unspecified atom stereocenters. The van der Waals surface area contributed by atoms with Crippen molar-refractivity contribution in [3.63, 3.8) is 0 Å². The van der Waals surface area contributed by atoms with Gasteiger partial charge in [-0.2, -0.15) is 0 Å². The average Bonchev–Trinajstić information content (AvgIpc) is 2.50. The highest BCUT2D eigenvalue weighted by Gasteiger charge is 2.12. The predicted octanol–water partition coefficient (Wildman–Crippen LogP) is 3.29. The SMILES string of the molecule is Cc1c(Br)c2ccccn2c1CCC(C)N. The fourth-order valence-corrected chi connectivity index (χ4v) is 2.58. The van der Waals surface area contributed by atoms with Crippen LogP contribution in [0.15, 0.2) is 28.9 Å². The molecule has 16 heavy (non-hydrogen) atoms. The van der Waals surface area contributed by atoms with Gasteiger partial charge in [-0.05, 0) is 60.3 Å². The standard InChI is InChI=1S/C13H17BrN2/c1-9(15)6-7-11-10(2)13(14)12-5-3-4-8-16(11)12/h3-5,8-9H,6-7,15H2,1-2H3. The summed E-state index contributed by atoms with van der Waals surface area (Å²) < 4.78 is 3.45. The fraction of sp³-hybridized carbons (Fsp3) is 0.385. The van der Waals surface area contributed by atoms with Gasteiger partial charge in [-0.3, -0.25) is 0 Å². The monoisotopic (exact) mass is 280 g/mol. The van der Waals surface area contributed by atoms with Crippen LogP contribution in [0.2, 0.25) is 0 Å². The number of hydrogen-bond donors (Lipinski definition) is 1.